The maximum atomic E-state index is 10.8. The molecule has 0 aliphatic heterocycles. The molecule has 0 fully saturated rings. The summed E-state index contributed by atoms with van der Waals surface area (Å²) in [6.45, 7) is 3.45. The molecule has 3 atom stereocenters. The first-order valence-electron chi connectivity index (χ1n) is 4.98. The summed E-state index contributed by atoms with van der Waals surface area (Å²) in [6, 6.07) is 0. The number of hydrogen-bond acceptors (Lipinski definition) is 3. The van der Waals surface area contributed by atoms with Crippen LogP contribution >= 0.6 is 0 Å². The van der Waals surface area contributed by atoms with Crippen molar-refractivity contribution in [1.29, 1.82) is 0 Å². The highest BCUT2D eigenvalue weighted by atomic mass is 16.5. The first-order valence-corrected chi connectivity index (χ1v) is 4.98. The largest absolute Gasteiger partial charge is 0.458 e. The maximum Gasteiger partial charge on any atom is 0.303 e. The first-order chi connectivity index (χ1) is 6.67. The quantitative estimate of drug-likeness (QED) is 0.392. The van der Waals surface area contributed by atoms with Gasteiger partial charge < -0.3 is 9.53 Å². The minimum atomic E-state index is -0.354. The van der Waals surface area contributed by atoms with Crippen LogP contribution in [0.25, 0.3) is 0 Å². The van der Waals surface area contributed by atoms with Crippen molar-refractivity contribution in [2.45, 2.75) is 32.8 Å². The molecule has 3 nitrogen and oxygen atoms in total. The van der Waals surface area contributed by atoms with Gasteiger partial charge in [0.1, 0.15) is 12.4 Å². The molecule has 0 aromatic carbocycles. The average molecular weight is 196 g/mol. The molecule has 1 aliphatic carbocycles. The van der Waals surface area contributed by atoms with Crippen LogP contribution in [0.5, 0.6) is 0 Å². The number of carbonyl (C=O) groups excluding carboxylic acids is 2. The molecule has 0 amide bonds. The van der Waals surface area contributed by atoms with Crippen molar-refractivity contribution in [2.24, 2.45) is 11.8 Å². The molecular formula is C11H16O3. The summed E-state index contributed by atoms with van der Waals surface area (Å²) >= 11 is 0. The fourth-order valence-electron chi connectivity index (χ4n) is 1.73. The Morgan fingerprint density at radius 1 is 1.57 bits per heavy atom. The van der Waals surface area contributed by atoms with E-state index >= 15 is 0 Å². The van der Waals surface area contributed by atoms with Crippen molar-refractivity contribution in [3.8, 4) is 0 Å². The Hall–Kier alpha value is -1.12. The number of hydrogen-bond donors (Lipinski definition) is 0. The zero-order chi connectivity index (χ0) is 10.6. The van der Waals surface area contributed by atoms with Crippen LogP contribution in [0.3, 0.4) is 0 Å². The lowest BCUT2D eigenvalue weighted by atomic mass is 9.84. The molecule has 3 heteroatoms. The van der Waals surface area contributed by atoms with Crippen LogP contribution in [0.2, 0.25) is 0 Å². The molecule has 0 spiro atoms. The van der Waals surface area contributed by atoms with Crippen LogP contribution < -0.4 is 0 Å². The van der Waals surface area contributed by atoms with E-state index in [-0.39, 0.29) is 18.0 Å². The summed E-state index contributed by atoms with van der Waals surface area (Å²) < 4.78 is 5.03. The third-order valence-electron chi connectivity index (χ3n) is 2.57. The van der Waals surface area contributed by atoms with Crippen molar-refractivity contribution >= 4 is 12.3 Å². The van der Waals surface area contributed by atoms with Gasteiger partial charge in [0.25, 0.3) is 0 Å². The van der Waals surface area contributed by atoms with Crippen molar-refractivity contribution in [3.05, 3.63) is 12.2 Å². The van der Waals surface area contributed by atoms with Gasteiger partial charge in [0.05, 0.1) is 5.92 Å². The van der Waals surface area contributed by atoms with Crippen molar-refractivity contribution in [3.63, 3.8) is 0 Å². The van der Waals surface area contributed by atoms with E-state index in [1.165, 1.54) is 6.92 Å². The van der Waals surface area contributed by atoms with Crippen molar-refractivity contribution < 1.29 is 14.3 Å². The van der Waals surface area contributed by atoms with Gasteiger partial charge in [-0.2, -0.15) is 0 Å². The van der Waals surface area contributed by atoms with Crippen LogP contribution in [-0.2, 0) is 14.3 Å². The van der Waals surface area contributed by atoms with E-state index < -0.39 is 0 Å². The van der Waals surface area contributed by atoms with E-state index in [1.54, 1.807) is 0 Å². The highest BCUT2D eigenvalue weighted by Crippen LogP contribution is 2.26. The van der Waals surface area contributed by atoms with Crippen LogP contribution in [0, 0.1) is 11.8 Å². The summed E-state index contributed by atoms with van der Waals surface area (Å²) in [5.74, 6) is -0.0627. The molecule has 0 aromatic heterocycles. The molecule has 0 saturated heterocycles. The van der Waals surface area contributed by atoms with E-state index in [9.17, 15) is 9.59 Å². The fraction of sp³-hybridized carbons (Fsp3) is 0.636. The number of allylic oxidation sites excluding steroid dienone is 1. The molecule has 0 radical (unpaired) electrons. The van der Waals surface area contributed by atoms with Gasteiger partial charge >= 0.3 is 5.97 Å². The van der Waals surface area contributed by atoms with E-state index in [4.69, 9.17) is 4.74 Å². The second-order valence-electron chi connectivity index (χ2n) is 3.66. The topological polar surface area (TPSA) is 43.4 Å². The summed E-state index contributed by atoms with van der Waals surface area (Å²) in [6.07, 6.45) is 6.21. The zero-order valence-corrected chi connectivity index (χ0v) is 8.60. The molecule has 0 N–H and O–H groups in total. The van der Waals surface area contributed by atoms with Crippen molar-refractivity contribution in [1.82, 2.24) is 0 Å². The molecule has 0 bridgehead atoms. The van der Waals surface area contributed by atoms with Crippen LogP contribution in [-0.4, -0.2) is 18.4 Å². The van der Waals surface area contributed by atoms with Crippen LogP contribution in [0.1, 0.15) is 26.7 Å². The second-order valence-corrected chi connectivity index (χ2v) is 3.66. The molecule has 78 valence electrons. The van der Waals surface area contributed by atoms with Gasteiger partial charge in [-0.25, -0.2) is 0 Å². The molecular weight excluding hydrogens is 180 g/mol. The van der Waals surface area contributed by atoms with Gasteiger partial charge in [-0.15, -0.1) is 0 Å². The number of aldehydes is 1. The fourth-order valence-corrected chi connectivity index (χ4v) is 1.73. The smallest absolute Gasteiger partial charge is 0.303 e. The molecule has 0 saturated carbocycles. The summed E-state index contributed by atoms with van der Waals surface area (Å²) in [5, 5.41) is 0. The number of carbonyl (C=O) groups is 2. The predicted octanol–water partition coefficient (Wildman–Crippen LogP) is 1.72. The number of esters is 1. The van der Waals surface area contributed by atoms with Crippen LogP contribution in [0.4, 0.5) is 0 Å². The third kappa shape index (κ3) is 2.69. The Morgan fingerprint density at radius 2 is 2.29 bits per heavy atom. The molecule has 0 unspecified atom stereocenters. The highest BCUT2D eigenvalue weighted by molar-refractivity contribution is 5.67. The molecule has 1 rings (SSSR count). The van der Waals surface area contributed by atoms with Gasteiger partial charge in [-0.05, 0) is 24.8 Å². The number of ether oxygens (including phenoxy) is 1. The van der Waals surface area contributed by atoms with Gasteiger partial charge in [0.2, 0.25) is 0 Å². The van der Waals surface area contributed by atoms with Crippen molar-refractivity contribution in [2.75, 3.05) is 0 Å². The highest BCUT2D eigenvalue weighted by Gasteiger charge is 2.27. The second kappa shape index (κ2) is 4.94. The number of rotatable bonds is 3. The van der Waals surface area contributed by atoms with Gasteiger partial charge in [0.15, 0.2) is 0 Å². The maximum absolute atomic E-state index is 10.8. The normalized spacial score (nSPS) is 31.1. The predicted molar refractivity (Wildman–Crippen MR) is 52.6 cm³/mol. The van der Waals surface area contributed by atoms with Gasteiger partial charge in [-0.3, -0.25) is 4.79 Å². The Labute approximate surface area is 84.1 Å². The summed E-state index contributed by atoms with van der Waals surface area (Å²) in [5.41, 5.74) is 0. The average Bonchev–Trinajstić information content (AvgIpc) is 2.17. The summed E-state index contributed by atoms with van der Waals surface area (Å²) in [4.78, 5) is 21.5. The lowest BCUT2D eigenvalue weighted by Gasteiger charge is -2.27. The Balaban J connectivity index is 2.65. The lowest BCUT2D eigenvalue weighted by Crippen LogP contribution is -2.30. The third-order valence-corrected chi connectivity index (χ3v) is 2.57. The Morgan fingerprint density at radius 3 is 2.79 bits per heavy atom. The zero-order valence-electron chi connectivity index (χ0n) is 8.60. The first kappa shape index (κ1) is 11.0. The standard InChI is InChI=1S/C11H16O3/c1-3-9-4-5-11(14-8(2)13)10(6-9)7-12/h4-5,7,9-11H,3,6H2,1-2H3/t9-,10+,11+/m1/s1. The Bertz CT molecular complexity index is 245. The van der Waals surface area contributed by atoms with E-state index in [0.717, 1.165) is 19.1 Å². The monoisotopic (exact) mass is 196 g/mol. The molecule has 0 heterocycles. The lowest BCUT2D eigenvalue weighted by molar-refractivity contribution is -0.147. The van der Waals surface area contributed by atoms with Gasteiger partial charge in [-0.1, -0.05) is 13.0 Å². The Kier molecular flexibility index (Phi) is 3.86. The van der Waals surface area contributed by atoms with Crippen LogP contribution in [0.15, 0.2) is 12.2 Å². The van der Waals surface area contributed by atoms with Gasteiger partial charge in [0, 0.05) is 6.92 Å². The molecule has 14 heavy (non-hydrogen) atoms. The molecule has 0 aromatic rings. The van der Waals surface area contributed by atoms with E-state index in [1.807, 2.05) is 12.2 Å². The SMILES string of the molecule is CC[C@@H]1C=C[C@H](OC(C)=O)[C@H](C=O)C1. The minimum absolute atomic E-state index is 0.172. The minimum Gasteiger partial charge on any atom is -0.458 e. The van der Waals surface area contributed by atoms with E-state index in [0.29, 0.717) is 5.92 Å². The van der Waals surface area contributed by atoms with E-state index in [2.05, 4.69) is 6.92 Å². The summed E-state index contributed by atoms with van der Waals surface area (Å²) in [7, 11) is 0. The molecule has 1 aliphatic rings.